The number of nitriles is 1. The van der Waals surface area contributed by atoms with Gasteiger partial charge in [-0.25, -0.2) is 0 Å². The van der Waals surface area contributed by atoms with E-state index in [4.69, 9.17) is 9.78 Å². The van der Waals surface area contributed by atoms with E-state index in [0.717, 1.165) is 6.54 Å². The smallest absolute Gasteiger partial charge is 0.229 e. The lowest BCUT2D eigenvalue weighted by Crippen LogP contribution is -2.30. The molecule has 0 saturated heterocycles. The van der Waals surface area contributed by atoms with Gasteiger partial charge in [-0.1, -0.05) is 31.1 Å². The van der Waals surface area contributed by atoms with Gasteiger partial charge < -0.3 is 4.52 Å². The average Bonchev–Trinajstić information content (AvgIpc) is 2.96. The first-order valence-corrected chi connectivity index (χ1v) is 7.55. The van der Waals surface area contributed by atoms with Crippen molar-refractivity contribution in [3.8, 4) is 6.07 Å². The highest BCUT2D eigenvalue weighted by molar-refractivity contribution is 5.31. The lowest BCUT2D eigenvalue weighted by molar-refractivity contribution is 0.195. The summed E-state index contributed by atoms with van der Waals surface area (Å²) in [5.74, 6) is 1.63. The standard InChI is InChI=1S/C17H22N4O/c1-12(2)17-19-16(20-22-17)11-21(13(3)4)10-15-7-5-14(9-18)6-8-15/h5-8,12-13H,10-11H2,1-4H3. The second kappa shape index (κ2) is 7.19. The van der Waals surface area contributed by atoms with Gasteiger partial charge in [0.05, 0.1) is 18.2 Å². The zero-order chi connectivity index (χ0) is 16.1. The van der Waals surface area contributed by atoms with Gasteiger partial charge in [0.2, 0.25) is 5.89 Å². The van der Waals surface area contributed by atoms with Gasteiger partial charge in [0.1, 0.15) is 0 Å². The Labute approximate surface area is 131 Å². The molecule has 2 rings (SSSR count). The summed E-state index contributed by atoms with van der Waals surface area (Å²) in [7, 11) is 0. The van der Waals surface area contributed by atoms with Gasteiger partial charge in [-0.2, -0.15) is 10.2 Å². The van der Waals surface area contributed by atoms with Crippen molar-refractivity contribution in [1.29, 1.82) is 5.26 Å². The van der Waals surface area contributed by atoms with Crippen molar-refractivity contribution < 1.29 is 4.52 Å². The lowest BCUT2D eigenvalue weighted by atomic mass is 10.1. The maximum absolute atomic E-state index is 8.85. The van der Waals surface area contributed by atoms with Crippen LogP contribution in [0.5, 0.6) is 0 Å². The number of nitrogens with zero attached hydrogens (tertiary/aromatic N) is 4. The molecule has 0 amide bonds. The Bertz CT molecular complexity index is 637. The minimum Gasteiger partial charge on any atom is -0.339 e. The number of rotatable bonds is 6. The molecule has 22 heavy (non-hydrogen) atoms. The normalized spacial score (nSPS) is 11.4. The first kappa shape index (κ1) is 16.2. The molecule has 0 bridgehead atoms. The molecule has 0 spiro atoms. The molecule has 0 aliphatic carbocycles. The van der Waals surface area contributed by atoms with Gasteiger partial charge in [-0.3, -0.25) is 4.90 Å². The molecule has 2 aromatic rings. The fourth-order valence-corrected chi connectivity index (χ4v) is 2.09. The first-order chi connectivity index (χ1) is 10.5. The molecule has 5 nitrogen and oxygen atoms in total. The van der Waals surface area contributed by atoms with Crippen LogP contribution in [0.1, 0.15) is 56.5 Å². The molecule has 0 N–H and O–H groups in total. The van der Waals surface area contributed by atoms with Crippen molar-refractivity contribution in [1.82, 2.24) is 15.0 Å². The summed E-state index contributed by atoms with van der Waals surface area (Å²) in [6.45, 7) is 9.80. The van der Waals surface area contributed by atoms with Gasteiger partial charge in [0.15, 0.2) is 5.82 Å². The molecule has 5 heteroatoms. The first-order valence-electron chi connectivity index (χ1n) is 7.55. The highest BCUT2D eigenvalue weighted by atomic mass is 16.5. The molecule has 0 saturated carbocycles. The Balaban J connectivity index is 2.07. The van der Waals surface area contributed by atoms with E-state index in [1.807, 2.05) is 38.1 Å². The molecular weight excluding hydrogens is 276 g/mol. The fraction of sp³-hybridized carbons (Fsp3) is 0.471. The second-order valence-corrected chi connectivity index (χ2v) is 6.01. The summed E-state index contributed by atoms with van der Waals surface area (Å²) in [4.78, 5) is 6.71. The van der Waals surface area contributed by atoms with Crippen LogP contribution in [0.15, 0.2) is 28.8 Å². The van der Waals surface area contributed by atoms with E-state index in [2.05, 4.69) is 35.0 Å². The van der Waals surface area contributed by atoms with Gasteiger partial charge in [0.25, 0.3) is 0 Å². The predicted octanol–water partition coefficient (Wildman–Crippen LogP) is 3.48. The lowest BCUT2D eigenvalue weighted by Gasteiger charge is -2.25. The molecule has 0 fully saturated rings. The third-order valence-electron chi connectivity index (χ3n) is 3.52. The Morgan fingerprint density at radius 3 is 2.32 bits per heavy atom. The Morgan fingerprint density at radius 2 is 1.82 bits per heavy atom. The van der Waals surface area contributed by atoms with Gasteiger partial charge in [0, 0.05) is 18.5 Å². The van der Waals surface area contributed by atoms with Crippen LogP contribution >= 0.6 is 0 Å². The summed E-state index contributed by atoms with van der Waals surface area (Å²) in [6.07, 6.45) is 0. The summed E-state index contributed by atoms with van der Waals surface area (Å²) >= 11 is 0. The Morgan fingerprint density at radius 1 is 1.14 bits per heavy atom. The molecule has 1 heterocycles. The van der Waals surface area contributed by atoms with Crippen LogP contribution in [0.2, 0.25) is 0 Å². The van der Waals surface area contributed by atoms with Crippen molar-refractivity contribution in [3.63, 3.8) is 0 Å². The van der Waals surface area contributed by atoms with Crippen molar-refractivity contribution in [3.05, 3.63) is 47.1 Å². The molecule has 0 unspecified atom stereocenters. The van der Waals surface area contributed by atoms with Gasteiger partial charge in [-0.15, -0.1) is 0 Å². The van der Waals surface area contributed by atoms with E-state index in [-0.39, 0.29) is 5.92 Å². The quantitative estimate of drug-likeness (QED) is 0.817. The topological polar surface area (TPSA) is 66.0 Å². The maximum Gasteiger partial charge on any atom is 0.229 e. The van der Waals surface area contributed by atoms with E-state index < -0.39 is 0 Å². The molecule has 1 aromatic carbocycles. The highest BCUT2D eigenvalue weighted by Gasteiger charge is 2.16. The molecule has 0 radical (unpaired) electrons. The monoisotopic (exact) mass is 298 g/mol. The van der Waals surface area contributed by atoms with Crippen molar-refractivity contribution >= 4 is 0 Å². The SMILES string of the molecule is CC(C)c1nc(CN(Cc2ccc(C#N)cc2)C(C)C)no1. The van der Waals surface area contributed by atoms with Crippen LogP contribution in [0, 0.1) is 11.3 Å². The van der Waals surface area contributed by atoms with E-state index in [1.54, 1.807) is 0 Å². The third kappa shape index (κ3) is 4.15. The number of aromatic nitrogens is 2. The van der Waals surface area contributed by atoms with Crippen LogP contribution in [-0.4, -0.2) is 21.1 Å². The van der Waals surface area contributed by atoms with E-state index in [9.17, 15) is 0 Å². The molecular formula is C17H22N4O. The average molecular weight is 298 g/mol. The largest absolute Gasteiger partial charge is 0.339 e. The Kier molecular flexibility index (Phi) is 5.29. The van der Waals surface area contributed by atoms with Crippen molar-refractivity contribution in [2.75, 3.05) is 0 Å². The fourth-order valence-electron chi connectivity index (χ4n) is 2.09. The third-order valence-corrected chi connectivity index (χ3v) is 3.52. The predicted molar refractivity (Wildman–Crippen MR) is 83.9 cm³/mol. The minimum absolute atomic E-state index is 0.243. The number of benzene rings is 1. The van der Waals surface area contributed by atoms with Crippen LogP contribution in [0.25, 0.3) is 0 Å². The van der Waals surface area contributed by atoms with Crippen LogP contribution in [0.3, 0.4) is 0 Å². The van der Waals surface area contributed by atoms with Crippen molar-refractivity contribution in [2.24, 2.45) is 0 Å². The summed E-state index contributed by atoms with van der Waals surface area (Å²) < 4.78 is 5.26. The van der Waals surface area contributed by atoms with Crippen molar-refractivity contribution in [2.45, 2.75) is 52.7 Å². The van der Waals surface area contributed by atoms with Crippen LogP contribution in [-0.2, 0) is 13.1 Å². The van der Waals surface area contributed by atoms with Crippen LogP contribution < -0.4 is 0 Å². The van der Waals surface area contributed by atoms with Gasteiger partial charge >= 0.3 is 0 Å². The second-order valence-electron chi connectivity index (χ2n) is 6.01. The van der Waals surface area contributed by atoms with E-state index >= 15 is 0 Å². The minimum atomic E-state index is 0.243. The maximum atomic E-state index is 8.85. The number of hydrogen-bond acceptors (Lipinski definition) is 5. The molecule has 0 atom stereocenters. The summed E-state index contributed by atoms with van der Waals surface area (Å²) in [6, 6.07) is 10.2. The molecule has 0 aliphatic rings. The number of hydrogen-bond donors (Lipinski definition) is 0. The highest BCUT2D eigenvalue weighted by Crippen LogP contribution is 2.15. The Hall–Kier alpha value is -2.19. The molecule has 0 aliphatic heterocycles. The van der Waals surface area contributed by atoms with Gasteiger partial charge in [-0.05, 0) is 31.5 Å². The van der Waals surface area contributed by atoms with E-state index in [0.29, 0.717) is 29.9 Å². The molecule has 116 valence electrons. The summed E-state index contributed by atoms with van der Waals surface area (Å²) in [5, 5.41) is 12.9. The van der Waals surface area contributed by atoms with E-state index in [1.165, 1.54) is 5.56 Å². The molecule has 1 aromatic heterocycles. The summed E-state index contributed by atoms with van der Waals surface area (Å²) in [5.41, 5.74) is 1.85. The zero-order valence-corrected chi connectivity index (χ0v) is 13.6. The van der Waals surface area contributed by atoms with Crippen LogP contribution in [0.4, 0.5) is 0 Å². The zero-order valence-electron chi connectivity index (χ0n) is 13.6.